The molecule has 7 heteroatoms. The molecule has 0 unspecified atom stereocenters. The minimum atomic E-state index is -4.02. The van der Waals surface area contributed by atoms with Crippen molar-refractivity contribution in [3.8, 4) is 0 Å². The number of sulfone groups is 1. The summed E-state index contributed by atoms with van der Waals surface area (Å²) in [5.74, 6) is 0. The normalized spacial score (nSPS) is 20.2. The minimum absolute atomic E-state index is 0.0814. The molecule has 2 aromatic rings. The second kappa shape index (κ2) is 5.32. The maximum Gasteiger partial charge on any atom is 0.261 e. The van der Waals surface area contributed by atoms with Gasteiger partial charge in [-0.3, -0.25) is 0 Å². The molecule has 4 rings (SSSR count). The van der Waals surface area contributed by atoms with Gasteiger partial charge < -0.3 is 0 Å². The van der Waals surface area contributed by atoms with Gasteiger partial charge in [-0.15, -0.1) is 0 Å². The highest BCUT2D eigenvalue weighted by molar-refractivity contribution is 8.13. The quantitative estimate of drug-likeness (QED) is 0.685. The van der Waals surface area contributed by atoms with Crippen molar-refractivity contribution in [1.29, 1.82) is 0 Å². The standard InChI is InChI=1S/C18H17ClO4S2/c1-12-10-14-17(11-16(12)25(19,22)23)24(20,21)15-7-3-2-6-13(15)18(14)8-4-5-9-18/h2-3,6-7,10-11H,4-5,8-9H2,1H3. The van der Waals surface area contributed by atoms with E-state index in [0.29, 0.717) is 11.1 Å². The van der Waals surface area contributed by atoms with Crippen LogP contribution < -0.4 is 0 Å². The van der Waals surface area contributed by atoms with Crippen LogP contribution in [0.4, 0.5) is 0 Å². The Morgan fingerprint density at radius 2 is 1.64 bits per heavy atom. The molecule has 1 heterocycles. The van der Waals surface area contributed by atoms with E-state index in [1.54, 1.807) is 25.1 Å². The summed E-state index contributed by atoms with van der Waals surface area (Å²) in [6.45, 7) is 1.66. The van der Waals surface area contributed by atoms with Gasteiger partial charge in [0.15, 0.2) is 0 Å². The summed E-state index contributed by atoms with van der Waals surface area (Å²) < 4.78 is 50.1. The third-order valence-corrected chi connectivity index (χ3v) is 8.81. The first-order valence-electron chi connectivity index (χ1n) is 8.12. The average Bonchev–Trinajstić information content (AvgIpc) is 3.02. The first kappa shape index (κ1) is 17.1. The predicted molar refractivity (Wildman–Crippen MR) is 95.4 cm³/mol. The number of hydrogen-bond acceptors (Lipinski definition) is 4. The van der Waals surface area contributed by atoms with Gasteiger partial charge in [0.05, 0.1) is 14.7 Å². The van der Waals surface area contributed by atoms with Gasteiger partial charge in [-0.25, -0.2) is 16.8 Å². The summed E-state index contributed by atoms with van der Waals surface area (Å²) in [6.07, 6.45) is 3.75. The van der Waals surface area contributed by atoms with Crippen LogP contribution in [0.15, 0.2) is 51.1 Å². The van der Waals surface area contributed by atoms with Gasteiger partial charge >= 0.3 is 0 Å². The Balaban J connectivity index is 2.15. The van der Waals surface area contributed by atoms with Crippen LogP contribution in [0, 0.1) is 6.92 Å². The first-order chi connectivity index (χ1) is 11.7. The zero-order chi connectivity index (χ0) is 18.0. The Labute approximate surface area is 152 Å². The van der Waals surface area contributed by atoms with E-state index < -0.39 is 18.9 Å². The van der Waals surface area contributed by atoms with Crippen LogP contribution in [0.2, 0.25) is 0 Å². The van der Waals surface area contributed by atoms with Crippen molar-refractivity contribution in [2.75, 3.05) is 0 Å². The fraction of sp³-hybridized carbons (Fsp3) is 0.333. The van der Waals surface area contributed by atoms with E-state index in [2.05, 4.69) is 0 Å². The molecule has 1 fully saturated rings. The topological polar surface area (TPSA) is 68.3 Å². The van der Waals surface area contributed by atoms with Gasteiger partial charge in [0.1, 0.15) is 0 Å². The van der Waals surface area contributed by atoms with E-state index in [-0.39, 0.29) is 20.1 Å². The summed E-state index contributed by atoms with van der Waals surface area (Å²) in [7, 11) is -2.28. The smallest absolute Gasteiger partial charge is 0.218 e. The monoisotopic (exact) mass is 396 g/mol. The van der Waals surface area contributed by atoms with Crippen LogP contribution in [-0.2, 0) is 24.3 Å². The number of aryl methyl sites for hydroxylation is 1. The van der Waals surface area contributed by atoms with E-state index in [0.717, 1.165) is 31.2 Å². The lowest BCUT2D eigenvalue weighted by Crippen LogP contribution is -2.33. The van der Waals surface area contributed by atoms with Gasteiger partial charge in [-0.2, -0.15) is 0 Å². The van der Waals surface area contributed by atoms with Crippen LogP contribution in [0.25, 0.3) is 0 Å². The number of rotatable bonds is 1. The van der Waals surface area contributed by atoms with E-state index in [1.807, 2.05) is 12.1 Å². The van der Waals surface area contributed by atoms with Gasteiger partial charge in [0, 0.05) is 16.1 Å². The summed E-state index contributed by atoms with van der Waals surface area (Å²) in [5.41, 5.74) is 1.66. The Bertz CT molecular complexity index is 1100. The molecule has 25 heavy (non-hydrogen) atoms. The molecule has 1 saturated carbocycles. The SMILES string of the molecule is Cc1cc2c(cc1S(=O)(=O)Cl)S(=O)(=O)c1ccccc1C21CCCC1. The Kier molecular flexibility index (Phi) is 3.63. The highest BCUT2D eigenvalue weighted by atomic mass is 35.7. The summed E-state index contributed by atoms with van der Waals surface area (Å²) in [6, 6.07) is 10.0. The van der Waals surface area contributed by atoms with Gasteiger partial charge in [-0.05, 0) is 48.6 Å². The highest BCUT2D eigenvalue weighted by Gasteiger charge is 2.48. The molecule has 0 amide bonds. The largest absolute Gasteiger partial charge is 0.261 e. The van der Waals surface area contributed by atoms with Gasteiger partial charge in [-0.1, -0.05) is 37.1 Å². The maximum atomic E-state index is 13.2. The highest BCUT2D eigenvalue weighted by Crippen LogP contribution is 2.54. The third-order valence-electron chi connectivity index (χ3n) is 5.49. The van der Waals surface area contributed by atoms with E-state index in [4.69, 9.17) is 10.7 Å². The zero-order valence-electron chi connectivity index (χ0n) is 13.6. The van der Waals surface area contributed by atoms with Crippen molar-refractivity contribution < 1.29 is 16.8 Å². The molecule has 0 N–H and O–H groups in total. The lowest BCUT2D eigenvalue weighted by molar-refractivity contribution is 0.493. The zero-order valence-corrected chi connectivity index (χ0v) is 16.0. The Hall–Kier alpha value is -1.37. The molecular weight excluding hydrogens is 380 g/mol. The third kappa shape index (κ3) is 2.31. The fourth-order valence-corrected chi connectivity index (χ4v) is 7.55. The van der Waals surface area contributed by atoms with E-state index >= 15 is 0 Å². The van der Waals surface area contributed by atoms with Crippen molar-refractivity contribution >= 4 is 29.6 Å². The number of halogens is 1. The molecule has 0 radical (unpaired) electrons. The van der Waals surface area contributed by atoms with Crippen molar-refractivity contribution in [2.45, 2.75) is 52.7 Å². The van der Waals surface area contributed by atoms with Crippen molar-refractivity contribution in [3.05, 3.63) is 53.1 Å². The molecule has 4 nitrogen and oxygen atoms in total. The van der Waals surface area contributed by atoms with Crippen LogP contribution in [0.1, 0.15) is 42.4 Å². The van der Waals surface area contributed by atoms with Crippen LogP contribution in [-0.4, -0.2) is 16.8 Å². The van der Waals surface area contributed by atoms with Crippen LogP contribution in [0.5, 0.6) is 0 Å². The number of fused-ring (bicyclic) bond motifs is 4. The molecule has 1 spiro atoms. The molecule has 1 aliphatic carbocycles. The maximum absolute atomic E-state index is 13.2. The molecule has 2 aromatic carbocycles. The lowest BCUT2D eigenvalue weighted by atomic mass is 9.72. The van der Waals surface area contributed by atoms with Crippen LogP contribution in [0.3, 0.4) is 0 Å². The van der Waals surface area contributed by atoms with Crippen LogP contribution >= 0.6 is 10.7 Å². The van der Waals surface area contributed by atoms with Gasteiger partial charge in [0.2, 0.25) is 9.84 Å². The van der Waals surface area contributed by atoms with Gasteiger partial charge in [0.25, 0.3) is 9.05 Å². The molecule has 0 aromatic heterocycles. The number of benzene rings is 2. The van der Waals surface area contributed by atoms with E-state index in [9.17, 15) is 16.8 Å². The minimum Gasteiger partial charge on any atom is -0.218 e. The molecule has 132 valence electrons. The molecule has 0 saturated heterocycles. The second-order valence-corrected chi connectivity index (χ2v) is 11.3. The average molecular weight is 397 g/mol. The molecule has 0 atom stereocenters. The lowest BCUT2D eigenvalue weighted by Gasteiger charge is -2.38. The number of hydrogen-bond donors (Lipinski definition) is 0. The predicted octanol–water partition coefficient (Wildman–Crippen LogP) is 3.93. The van der Waals surface area contributed by atoms with Crippen molar-refractivity contribution in [2.24, 2.45) is 0 Å². The molecule has 1 aliphatic heterocycles. The molecular formula is C18H17ClO4S2. The molecule has 0 bridgehead atoms. The summed E-state index contributed by atoms with van der Waals surface area (Å²) in [4.78, 5) is 0.230. The Morgan fingerprint density at radius 3 is 2.28 bits per heavy atom. The van der Waals surface area contributed by atoms with E-state index in [1.165, 1.54) is 6.07 Å². The first-order valence-corrected chi connectivity index (χ1v) is 11.9. The summed E-state index contributed by atoms with van der Waals surface area (Å²) >= 11 is 0. The summed E-state index contributed by atoms with van der Waals surface area (Å²) in [5, 5.41) is 0. The second-order valence-electron chi connectivity index (χ2n) is 6.84. The van der Waals surface area contributed by atoms with Crippen molar-refractivity contribution in [3.63, 3.8) is 0 Å². The molecule has 2 aliphatic rings. The van der Waals surface area contributed by atoms with Crippen molar-refractivity contribution in [1.82, 2.24) is 0 Å². The Morgan fingerprint density at radius 1 is 1.00 bits per heavy atom. The fourth-order valence-electron chi connectivity index (χ4n) is 4.41.